The van der Waals surface area contributed by atoms with Crippen LogP contribution in [0.25, 0.3) is 0 Å². The summed E-state index contributed by atoms with van der Waals surface area (Å²) in [5, 5.41) is 2.63. The second-order valence-electron chi connectivity index (χ2n) is 5.90. The average Bonchev–Trinajstić information content (AvgIpc) is 2.71. The van der Waals surface area contributed by atoms with Gasteiger partial charge in [0.05, 0.1) is 0 Å². The molecule has 3 aromatic carbocycles. The van der Waals surface area contributed by atoms with Crippen LogP contribution in [0.2, 0.25) is 0 Å². The highest BCUT2D eigenvalue weighted by Crippen LogP contribution is 2.18. The summed E-state index contributed by atoms with van der Waals surface area (Å²) in [6.45, 7) is 0.472. The molecule has 0 aromatic heterocycles. The molecule has 27 heavy (non-hydrogen) atoms. The molecule has 3 rings (SSSR count). The number of nitrogens with one attached hydrogen (secondary N) is 1. The predicted octanol–water partition coefficient (Wildman–Crippen LogP) is 4.10. The van der Waals surface area contributed by atoms with E-state index >= 15 is 0 Å². The Balaban J connectivity index is 1.41. The summed E-state index contributed by atoms with van der Waals surface area (Å²) >= 11 is 0. The van der Waals surface area contributed by atoms with E-state index < -0.39 is 0 Å². The van der Waals surface area contributed by atoms with Gasteiger partial charge in [0, 0.05) is 12.1 Å². The van der Waals surface area contributed by atoms with Gasteiger partial charge in [0.25, 0.3) is 5.91 Å². The monoisotopic (exact) mass is 365 g/mol. The maximum Gasteiger partial charge on any atom is 0.258 e. The van der Waals surface area contributed by atoms with Crippen LogP contribution in [0.3, 0.4) is 0 Å². The first-order valence-corrected chi connectivity index (χ1v) is 8.60. The van der Waals surface area contributed by atoms with E-state index in [1.165, 1.54) is 6.07 Å². The summed E-state index contributed by atoms with van der Waals surface area (Å²) in [6.07, 6.45) is 0. The van der Waals surface area contributed by atoms with Crippen molar-refractivity contribution < 1.29 is 18.7 Å². The van der Waals surface area contributed by atoms with Gasteiger partial charge in [-0.05, 0) is 35.9 Å². The Morgan fingerprint density at radius 2 is 1.44 bits per heavy atom. The zero-order valence-corrected chi connectivity index (χ0v) is 14.7. The summed E-state index contributed by atoms with van der Waals surface area (Å²) in [7, 11) is 0. The van der Waals surface area contributed by atoms with E-state index in [0.29, 0.717) is 17.9 Å². The number of carbonyl (C=O) groups is 1. The van der Waals surface area contributed by atoms with Crippen molar-refractivity contribution in [2.75, 3.05) is 6.61 Å². The number of carbonyl (C=O) groups excluding carboxylic acids is 1. The molecule has 3 aromatic rings. The minimum absolute atomic E-state index is 0.126. The van der Waals surface area contributed by atoms with Crippen LogP contribution in [0.15, 0.2) is 78.9 Å². The zero-order valence-electron chi connectivity index (χ0n) is 14.7. The lowest BCUT2D eigenvalue weighted by Crippen LogP contribution is -2.28. The van der Waals surface area contributed by atoms with Crippen LogP contribution in [0, 0.1) is 5.82 Å². The summed E-state index contributed by atoms with van der Waals surface area (Å²) in [4.78, 5) is 11.8. The first-order valence-electron chi connectivity index (χ1n) is 8.60. The van der Waals surface area contributed by atoms with Gasteiger partial charge in [-0.2, -0.15) is 0 Å². The Morgan fingerprint density at radius 1 is 0.815 bits per heavy atom. The summed E-state index contributed by atoms with van der Waals surface area (Å²) in [5.41, 5.74) is 1.52. The van der Waals surface area contributed by atoms with Crippen molar-refractivity contribution in [2.45, 2.75) is 13.2 Å². The normalized spacial score (nSPS) is 10.3. The molecule has 1 N–H and O–H groups in total. The molecule has 0 aliphatic rings. The third-order valence-corrected chi connectivity index (χ3v) is 3.88. The smallest absolute Gasteiger partial charge is 0.258 e. The number of ether oxygens (including phenoxy) is 2. The predicted molar refractivity (Wildman–Crippen MR) is 101 cm³/mol. The molecular formula is C22H20FNO3. The van der Waals surface area contributed by atoms with Crippen molar-refractivity contribution in [1.29, 1.82) is 0 Å². The molecule has 0 bridgehead atoms. The molecule has 1 amide bonds. The molecule has 4 nitrogen and oxygen atoms in total. The maximum absolute atomic E-state index is 13.5. The summed E-state index contributed by atoms with van der Waals surface area (Å²) in [5.74, 6) is 0.616. The number of hydrogen-bond donors (Lipinski definition) is 1. The molecule has 0 fully saturated rings. The lowest BCUT2D eigenvalue weighted by molar-refractivity contribution is -0.123. The van der Waals surface area contributed by atoms with E-state index in [9.17, 15) is 9.18 Å². The SMILES string of the molecule is O=C(COc1ccc(OCc2ccccc2)cc1)NCc1ccccc1F. The maximum atomic E-state index is 13.5. The van der Waals surface area contributed by atoms with Crippen LogP contribution in [0.1, 0.15) is 11.1 Å². The Bertz CT molecular complexity index is 866. The number of benzene rings is 3. The van der Waals surface area contributed by atoms with E-state index in [1.54, 1.807) is 42.5 Å². The molecule has 0 aliphatic carbocycles. The second kappa shape index (κ2) is 9.38. The van der Waals surface area contributed by atoms with Gasteiger partial charge < -0.3 is 14.8 Å². The van der Waals surface area contributed by atoms with Crippen molar-refractivity contribution in [3.8, 4) is 11.5 Å². The number of halogens is 1. The van der Waals surface area contributed by atoms with Crippen molar-refractivity contribution >= 4 is 5.91 Å². The van der Waals surface area contributed by atoms with Crippen LogP contribution in [0.4, 0.5) is 4.39 Å². The fourth-order valence-corrected chi connectivity index (χ4v) is 2.41. The van der Waals surface area contributed by atoms with Crippen LogP contribution >= 0.6 is 0 Å². The Morgan fingerprint density at radius 3 is 2.15 bits per heavy atom. The highest BCUT2D eigenvalue weighted by molar-refractivity contribution is 5.77. The van der Waals surface area contributed by atoms with Gasteiger partial charge in [0.2, 0.25) is 0 Å². The fraction of sp³-hybridized carbons (Fsp3) is 0.136. The van der Waals surface area contributed by atoms with Gasteiger partial charge in [0.1, 0.15) is 23.9 Å². The second-order valence-corrected chi connectivity index (χ2v) is 5.90. The summed E-state index contributed by atoms with van der Waals surface area (Å²) < 4.78 is 24.6. The quantitative estimate of drug-likeness (QED) is 0.654. The van der Waals surface area contributed by atoms with E-state index in [0.717, 1.165) is 11.3 Å². The average molecular weight is 365 g/mol. The third-order valence-electron chi connectivity index (χ3n) is 3.88. The van der Waals surface area contributed by atoms with E-state index in [2.05, 4.69) is 5.32 Å². The Kier molecular flexibility index (Phi) is 6.41. The molecule has 0 spiro atoms. The van der Waals surface area contributed by atoms with Gasteiger partial charge in [-0.15, -0.1) is 0 Å². The lowest BCUT2D eigenvalue weighted by atomic mass is 10.2. The molecule has 0 aliphatic heterocycles. The van der Waals surface area contributed by atoms with E-state index in [1.807, 2.05) is 30.3 Å². The number of amides is 1. The summed E-state index contributed by atoms with van der Waals surface area (Å²) in [6, 6.07) is 23.3. The fourth-order valence-electron chi connectivity index (χ4n) is 2.41. The molecule has 0 atom stereocenters. The van der Waals surface area contributed by atoms with Crippen LogP contribution < -0.4 is 14.8 Å². The van der Waals surface area contributed by atoms with Gasteiger partial charge >= 0.3 is 0 Å². The number of hydrogen-bond acceptors (Lipinski definition) is 3. The van der Waals surface area contributed by atoms with Crippen molar-refractivity contribution in [3.63, 3.8) is 0 Å². The molecule has 0 saturated heterocycles. The van der Waals surface area contributed by atoms with Crippen molar-refractivity contribution in [3.05, 3.63) is 95.8 Å². The van der Waals surface area contributed by atoms with E-state index in [-0.39, 0.29) is 24.9 Å². The molecule has 0 saturated carbocycles. The van der Waals surface area contributed by atoms with Gasteiger partial charge in [-0.3, -0.25) is 4.79 Å². The van der Waals surface area contributed by atoms with E-state index in [4.69, 9.17) is 9.47 Å². The standard InChI is InChI=1S/C22H20FNO3/c23-21-9-5-4-8-18(21)14-24-22(25)16-27-20-12-10-19(11-13-20)26-15-17-6-2-1-3-7-17/h1-13H,14-16H2,(H,24,25). The largest absolute Gasteiger partial charge is 0.489 e. The third kappa shape index (κ3) is 5.85. The Hall–Kier alpha value is -3.34. The van der Waals surface area contributed by atoms with Crippen molar-refractivity contribution in [1.82, 2.24) is 5.32 Å². The van der Waals surface area contributed by atoms with Crippen LogP contribution in [0.5, 0.6) is 11.5 Å². The molecule has 0 heterocycles. The molecule has 0 radical (unpaired) electrons. The molecule has 138 valence electrons. The molecular weight excluding hydrogens is 345 g/mol. The Labute approximate surface area is 157 Å². The minimum Gasteiger partial charge on any atom is -0.489 e. The molecule has 5 heteroatoms. The van der Waals surface area contributed by atoms with Gasteiger partial charge in [-0.25, -0.2) is 4.39 Å². The van der Waals surface area contributed by atoms with Crippen LogP contribution in [-0.2, 0) is 17.9 Å². The zero-order chi connectivity index (χ0) is 18.9. The van der Waals surface area contributed by atoms with Gasteiger partial charge in [-0.1, -0.05) is 48.5 Å². The minimum atomic E-state index is -0.343. The highest BCUT2D eigenvalue weighted by Gasteiger charge is 2.06. The van der Waals surface area contributed by atoms with Crippen molar-refractivity contribution in [2.24, 2.45) is 0 Å². The van der Waals surface area contributed by atoms with Gasteiger partial charge in [0.15, 0.2) is 6.61 Å². The first-order chi connectivity index (χ1) is 13.2. The first kappa shape index (κ1) is 18.5. The van der Waals surface area contributed by atoms with Crippen LogP contribution in [-0.4, -0.2) is 12.5 Å². The highest BCUT2D eigenvalue weighted by atomic mass is 19.1. The number of rotatable bonds is 8. The topological polar surface area (TPSA) is 47.6 Å². The lowest BCUT2D eigenvalue weighted by Gasteiger charge is -2.09. The molecule has 0 unspecified atom stereocenters.